The zero-order valence-electron chi connectivity index (χ0n) is 5.62. The summed E-state index contributed by atoms with van der Waals surface area (Å²) in [6, 6.07) is 7.08. The van der Waals surface area contributed by atoms with Crippen molar-refractivity contribution in [1.29, 1.82) is 0 Å². The van der Waals surface area contributed by atoms with E-state index >= 15 is 0 Å². The number of rotatable bonds is 1. The summed E-state index contributed by atoms with van der Waals surface area (Å²) in [6.07, 6.45) is 1.62. The summed E-state index contributed by atoms with van der Waals surface area (Å²) in [4.78, 5) is 0. The Morgan fingerprint density at radius 3 is 2.30 bits per heavy atom. The second kappa shape index (κ2) is 4.87. The van der Waals surface area contributed by atoms with Crippen LogP contribution in [0.4, 0.5) is 0 Å². The van der Waals surface area contributed by atoms with Crippen molar-refractivity contribution >= 4 is 6.08 Å². The van der Waals surface area contributed by atoms with Gasteiger partial charge in [0.05, 0.1) is 0 Å². The second-order valence-electron chi connectivity index (χ2n) is 1.76. The normalized spacial score (nSPS) is 8.00. The zero-order chi connectivity index (χ0) is 6.69. The number of phenols is 1. The zero-order valence-corrected chi connectivity index (χ0v) is 9.32. The SMILES string of the molecule is C=Cc1ccccc1O.[Pr]. The maximum absolute atomic E-state index is 9.04. The molecule has 0 saturated heterocycles. The first-order valence-corrected chi connectivity index (χ1v) is 2.75. The number of hydrogen-bond acceptors (Lipinski definition) is 1. The minimum atomic E-state index is 0. The first-order chi connectivity index (χ1) is 4.34. The van der Waals surface area contributed by atoms with Gasteiger partial charge in [0.15, 0.2) is 0 Å². The molecular weight excluding hydrogens is 253 g/mol. The number of hydrogen-bond donors (Lipinski definition) is 1. The molecule has 2 heteroatoms. The van der Waals surface area contributed by atoms with E-state index in [0.717, 1.165) is 5.56 Å². The van der Waals surface area contributed by atoms with Crippen molar-refractivity contribution in [2.75, 3.05) is 0 Å². The average Bonchev–Trinajstić information content (AvgIpc) is 1.89. The third-order valence-corrected chi connectivity index (χ3v) is 1.16. The average molecular weight is 261 g/mol. The van der Waals surface area contributed by atoms with Crippen LogP contribution in [0, 0.1) is 41.3 Å². The Morgan fingerprint density at radius 2 is 1.90 bits per heavy atom. The Morgan fingerprint density at radius 1 is 1.30 bits per heavy atom. The Balaban J connectivity index is 0.000000810. The van der Waals surface area contributed by atoms with Crippen LogP contribution >= 0.6 is 0 Å². The first-order valence-electron chi connectivity index (χ1n) is 2.75. The standard InChI is InChI=1S/C8H8O.Pr/c1-2-7-5-3-4-6-8(7)9;/h2-6,9H,1H2;. The molecule has 1 aromatic carbocycles. The molecule has 0 bridgehead atoms. The van der Waals surface area contributed by atoms with Crippen molar-refractivity contribution in [3.8, 4) is 5.75 Å². The molecule has 0 aliphatic heterocycles. The molecule has 10 heavy (non-hydrogen) atoms. The third-order valence-electron chi connectivity index (χ3n) is 1.16. The molecule has 0 spiro atoms. The molecule has 1 radical (unpaired) electrons. The molecule has 0 aromatic heterocycles. The summed E-state index contributed by atoms with van der Waals surface area (Å²) >= 11 is 0. The van der Waals surface area contributed by atoms with Crippen LogP contribution in [0.1, 0.15) is 5.56 Å². The van der Waals surface area contributed by atoms with E-state index in [0.29, 0.717) is 0 Å². The maximum Gasteiger partial charge on any atom is 0.122 e. The van der Waals surface area contributed by atoms with Crippen molar-refractivity contribution < 1.29 is 46.4 Å². The van der Waals surface area contributed by atoms with Crippen molar-refractivity contribution in [2.24, 2.45) is 0 Å². The third kappa shape index (κ3) is 2.39. The fraction of sp³-hybridized carbons (Fsp3) is 0. The van der Waals surface area contributed by atoms with E-state index in [2.05, 4.69) is 6.58 Å². The van der Waals surface area contributed by atoms with Crippen LogP contribution in [0.5, 0.6) is 5.75 Å². The Labute approximate surface area is 93.7 Å². The fourth-order valence-electron chi connectivity index (χ4n) is 0.660. The molecule has 0 fully saturated rings. The summed E-state index contributed by atoms with van der Waals surface area (Å²) < 4.78 is 0. The minimum absolute atomic E-state index is 0. The van der Waals surface area contributed by atoms with Gasteiger partial charge in [0, 0.05) is 46.9 Å². The topological polar surface area (TPSA) is 20.2 Å². The van der Waals surface area contributed by atoms with Gasteiger partial charge in [-0.1, -0.05) is 30.9 Å². The van der Waals surface area contributed by atoms with Gasteiger partial charge in [-0.2, -0.15) is 0 Å². The molecule has 0 aliphatic carbocycles. The van der Waals surface area contributed by atoms with Gasteiger partial charge in [-0.05, 0) is 6.07 Å². The molecule has 0 saturated carbocycles. The Hall–Kier alpha value is 0.124. The number of benzene rings is 1. The molecule has 0 atom stereocenters. The molecule has 1 aromatic rings. The van der Waals surface area contributed by atoms with Gasteiger partial charge in [0.1, 0.15) is 5.75 Å². The van der Waals surface area contributed by atoms with E-state index in [1.807, 2.05) is 12.1 Å². The molecule has 0 unspecified atom stereocenters. The molecule has 1 nitrogen and oxygen atoms in total. The molecule has 0 heterocycles. The largest absolute Gasteiger partial charge is 0.507 e. The van der Waals surface area contributed by atoms with E-state index in [4.69, 9.17) is 5.11 Å². The molecule has 49 valence electrons. The molecule has 0 amide bonds. The smallest absolute Gasteiger partial charge is 0.122 e. The van der Waals surface area contributed by atoms with Crippen molar-refractivity contribution in [3.05, 3.63) is 36.4 Å². The second-order valence-corrected chi connectivity index (χ2v) is 1.76. The molecule has 0 aliphatic rings. The molecule has 1 N–H and O–H groups in total. The van der Waals surface area contributed by atoms with Crippen LogP contribution < -0.4 is 0 Å². The monoisotopic (exact) mass is 261 g/mol. The van der Waals surface area contributed by atoms with Gasteiger partial charge in [0.2, 0.25) is 0 Å². The van der Waals surface area contributed by atoms with Crippen LogP contribution in [0.3, 0.4) is 0 Å². The van der Waals surface area contributed by atoms with Gasteiger partial charge in [0.25, 0.3) is 0 Å². The summed E-state index contributed by atoms with van der Waals surface area (Å²) in [5.74, 6) is 0.285. The quantitative estimate of drug-likeness (QED) is 0.820. The summed E-state index contributed by atoms with van der Waals surface area (Å²) in [7, 11) is 0. The van der Waals surface area contributed by atoms with Gasteiger partial charge in [-0.3, -0.25) is 0 Å². The molecule has 1 rings (SSSR count). The Bertz CT molecular complexity index is 220. The van der Waals surface area contributed by atoms with Crippen LogP contribution in [-0.4, -0.2) is 5.11 Å². The van der Waals surface area contributed by atoms with Crippen LogP contribution in [0.2, 0.25) is 0 Å². The van der Waals surface area contributed by atoms with E-state index in [1.54, 1.807) is 18.2 Å². The summed E-state index contributed by atoms with van der Waals surface area (Å²) in [6.45, 7) is 3.53. The van der Waals surface area contributed by atoms with Crippen LogP contribution in [-0.2, 0) is 0 Å². The maximum atomic E-state index is 9.04. The van der Waals surface area contributed by atoms with Crippen molar-refractivity contribution in [1.82, 2.24) is 0 Å². The fourth-order valence-corrected chi connectivity index (χ4v) is 0.660. The van der Waals surface area contributed by atoms with Crippen molar-refractivity contribution in [2.45, 2.75) is 0 Å². The van der Waals surface area contributed by atoms with E-state index in [9.17, 15) is 0 Å². The van der Waals surface area contributed by atoms with E-state index in [-0.39, 0.29) is 47.0 Å². The summed E-state index contributed by atoms with van der Waals surface area (Å²) in [5, 5.41) is 9.04. The predicted octanol–water partition coefficient (Wildman–Crippen LogP) is 2.04. The van der Waals surface area contributed by atoms with Gasteiger partial charge < -0.3 is 5.11 Å². The van der Waals surface area contributed by atoms with Gasteiger partial charge in [-0.25, -0.2) is 0 Å². The summed E-state index contributed by atoms with van der Waals surface area (Å²) in [5.41, 5.74) is 0.775. The van der Waals surface area contributed by atoms with Gasteiger partial charge >= 0.3 is 0 Å². The Kier molecular flexibility index (Phi) is 4.93. The van der Waals surface area contributed by atoms with Crippen LogP contribution in [0.25, 0.3) is 6.08 Å². The number of aromatic hydroxyl groups is 1. The van der Waals surface area contributed by atoms with E-state index in [1.165, 1.54) is 0 Å². The predicted molar refractivity (Wildman–Crippen MR) is 38.2 cm³/mol. The molecular formula is C8H8OPr. The van der Waals surface area contributed by atoms with E-state index < -0.39 is 0 Å². The van der Waals surface area contributed by atoms with Crippen molar-refractivity contribution in [3.63, 3.8) is 0 Å². The number of phenolic OH excluding ortho intramolecular Hbond substituents is 1. The number of para-hydroxylation sites is 1. The first kappa shape index (κ1) is 10.1. The van der Waals surface area contributed by atoms with Crippen LogP contribution in [0.15, 0.2) is 30.8 Å². The minimum Gasteiger partial charge on any atom is -0.507 e. The van der Waals surface area contributed by atoms with Gasteiger partial charge in [-0.15, -0.1) is 0 Å².